The minimum atomic E-state index is -0.0209. The van der Waals surface area contributed by atoms with Crippen LogP contribution in [-0.2, 0) is 11.8 Å². The molecule has 0 unspecified atom stereocenters. The topological polar surface area (TPSA) is 56.2 Å². The number of aromatic nitrogens is 2. The van der Waals surface area contributed by atoms with Gasteiger partial charge >= 0.3 is 0 Å². The smallest absolute Gasteiger partial charge is 0.226 e. The first kappa shape index (κ1) is 14.6. The van der Waals surface area contributed by atoms with Crippen molar-refractivity contribution >= 4 is 11.7 Å². The molecule has 0 saturated heterocycles. The van der Waals surface area contributed by atoms with Crippen LogP contribution in [0.5, 0.6) is 5.75 Å². The number of nitrogens with one attached hydrogen (secondary N) is 1. The lowest BCUT2D eigenvalue weighted by Crippen LogP contribution is -2.25. The van der Waals surface area contributed by atoms with Gasteiger partial charge < -0.3 is 10.1 Å². The van der Waals surface area contributed by atoms with Gasteiger partial charge in [0.05, 0.1) is 11.8 Å². The summed E-state index contributed by atoms with van der Waals surface area (Å²) in [6.45, 7) is 5.99. The second-order valence-corrected chi connectivity index (χ2v) is 5.98. The van der Waals surface area contributed by atoms with Crippen molar-refractivity contribution in [3.8, 4) is 5.75 Å². The molecule has 0 radical (unpaired) electrons. The maximum absolute atomic E-state index is 12.1. The number of anilines is 1. The van der Waals surface area contributed by atoms with Crippen molar-refractivity contribution in [2.75, 3.05) is 5.32 Å². The maximum Gasteiger partial charge on any atom is 0.226 e. The Kier molecular flexibility index (Phi) is 3.64. The number of aryl methyl sites for hydroxylation is 2. The molecule has 1 N–H and O–H groups in total. The molecule has 3 rings (SSSR count). The van der Waals surface area contributed by atoms with Crippen LogP contribution < -0.4 is 10.1 Å². The van der Waals surface area contributed by atoms with Gasteiger partial charge in [-0.3, -0.25) is 9.48 Å². The van der Waals surface area contributed by atoms with Crippen molar-refractivity contribution in [1.82, 2.24) is 9.78 Å². The second-order valence-electron chi connectivity index (χ2n) is 5.98. The van der Waals surface area contributed by atoms with Crippen molar-refractivity contribution < 1.29 is 9.53 Å². The van der Waals surface area contributed by atoms with Gasteiger partial charge in [-0.1, -0.05) is 18.2 Å². The summed E-state index contributed by atoms with van der Waals surface area (Å²) in [7, 11) is 1.85. The van der Waals surface area contributed by atoms with E-state index in [0.717, 1.165) is 28.4 Å². The molecule has 2 aromatic rings. The van der Waals surface area contributed by atoms with Crippen LogP contribution in [0.3, 0.4) is 0 Å². The first-order chi connectivity index (χ1) is 10.5. The average molecular weight is 299 g/mol. The Labute approximate surface area is 130 Å². The largest absolute Gasteiger partial charge is 0.491 e. The van der Waals surface area contributed by atoms with Gasteiger partial charge in [-0.05, 0) is 26.8 Å². The van der Waals surface area contributed by atoms with Crippen molar-refractivity contribution in [2.24, 2.45) is 7.05 Å². The van der Waals surface area contributed by atoms with E-state index >= 15 is 0 Å². The Morgan fingerprint density at radius 1 is 1.36 bits per heavy atom. The van der Waals surface area contributed by atoms with Crippen molar-refractivity contribution in [2.45, 2.75) is 39.2 Å². The third-order valence-electron chi connectivity index (χ3n) is 3.92. The molecule has 1 aromatic heterocycles. The van der Waals surface area contributed by atoms with E-state index in [1.165, 1.54) is 0 Å². The number of amides is 1. The van der Waals surface area contributed by atoms with Crippen LogP contribution in [0.2, 0.25) is 0 Å². The standard InChI is InChI=1S/C17H21N3O2/c1-10(2)22-14-8-6-5-7-12(14)13-9-15(21)18-17-16(13)11(3)19-20(17)4/h5-8,10,13H,9H2,1-4H3,(H,18,21)/t13-/m1/s1. The maximum atomic E-state index is 12.1. The third-order valence-corrected chi connectivity index (χ3v) is 3.92. The zero-order valence-corrected chi connectivity index (χ0v) is 13.4. The number of hydrogen-bond acceptors (Lipinski definition) is 3. The Hall–Kier alpha value is -2.30. The van der Waals surface area contributed by atoms with Crippen molar-refractivity contribution in [1.29, 1.82) is 0 Å². The van der Waals surface area contributed by atoms with Crippen LogP contribution in [0.1, 0.15) is 43.0 Å². The van der Waals surface area contributed by atoms with Gasteiger partial charge in [0, 0.05) is 30.5 Å². The number of fused-ring (bicyclic) bond motifs is 1. The quantitative estimate of drug-likeness (QED) is 0.948. The van der Waals surface area contributed by atoms with E-state index in [1.54, 1.807) is 4.68 Å². The Morgan fingerprint density at radius 3 is 2.82 bits per heavy atom. The number of para-hydroxylation sites is 1. The number of ether oxygens (including phenoxy) is 1. The molecule has 0 saturated carbocycles. The molecule has 5 heteroatoms. The summed E-state index contributed by atoms with van der Waals surface area (Å²) < 4.78 is 7.67. The molecule has 0 spiro atoms. The van der Waals surface area contributed by atoms with Gasteiger partial charge in [0.1, 0.15) is 11.6 Å². The van der Waals surface area contributed by atoms with E-state index in [4.69, 9.17) is 4.74 Å². The van der Waals surface area contributed by atoms with E-state index in [9.17, 15) is 4.79 Å². The number of rotatable bonds is 3. The van der Waals surface area contributed by atoms with Crippen LogP contribution >= 0.6 is 0 Å². The summed E-state index contributed by atoms with van der Waals surface area (Å²) in [4.78, 5) is 12.1. The molecule has 1 aromatic carbocycles. The van der Waals surface area contributed by atoms with Gasteiger partial charge in [0.2, 0.25) is 5.91 Å². The van der Waals surface area contributed by atoms with Crippen LogP contribution in [0.25, 0.3) is 0 Å². The Balaban J connectivity index is 2.12. The lowest BCUT2D eigenvalue weighted by atomic mass is 9.85. The van der Waals surface area contributed by atoms with E-state index in [-0.39, 0.29) is 17.9 Å². The third kappa shape index (κ3) is 2.47. The Bertz CT molecular complexity index is 719. The molecule has 22 heavy (non-hydrogen) atoms. The number of hydrogen-bond donors (Lipinski definition) is 1. The summed E-state index contributed by atoms with van der Waals surface area (Å²) in [5.74, 6) is 1.62. The average Bonchev–Trinajstić information content (AvgIpc) is 2.73. The van der Waals surface area contributed by atoms with E-state index in [0.29, 0.717) is 6.42 Å². The fourth-order valence-corrected chi connectivity index (χ4v) is 3.11. The highest BCUT2D eigenvalue weighted by Crippen LogP contribution is 2.42. The summed E-state index contributed by atoms with van der Waals surface area (Å²) in [6, 6.07) is 7.95. The van der Waals surface area contributed by atoms with Crippen LogP contribution in [0, 0.1) is 6.92 Å². The van der Waals surface area contributed by atoms with Gasteiger partial charge in [0.15, 0.2) is 0 Å². The first-order valence-electron chi connectivity index (χ1n) is 7.56. The zero-order valence-electron chi connectivity index (χ0n) is 13.4. The molecule has 1 aliphatic heterocycles. The molecule has 1 amide bonds. The minimum absolute atomic E-state index is 0.0138. The van der Waals surface area contributed by atoms with E-state index in [1.807, 2.05) is 52.1 Å². The number of nitrogens with zero attached hydrogens (tertiary/aromatic N) is 2. The summed E-state index contributed by atoms with van der Waals surface area (Å²) in [5, 5.41) is 7.38. The zero-order chi connectivity index (χ0) is 15.9. The van der Waals surface area contributed by atoms with Gasteiger partial charge in [-0.15, -0.1) is 0 Å². The highest BCUT2D eigenvalue weighted by molar-refractivity contribution is 5.94. The Morgan fingerprint density at radius 2 is 2.09 bits per heavy atom. The van der Waals surface area contributed by atoms with Crippen LogP contribution in [0.15, 0.2) is 24.3 Å². The SMILES string of the molecule is Cc1nn(C)c2c1[C@@H](c1ccccc1OC(C)C)CC(=O)N2. The number of carbonyl (C=O) groups excluding carboxylic acids is 1. The van der Waals surface area contributed by atoms with Crippen molar-refractivity contribution in [3.05, 3.63) is 41.1 Å². The van der Waals surface area contributed by atoms with Crippen LogP contribution in [0.4, 0.5) is 5.82 Å². The summed E-state index contributed by atoms with van der Waals surface area (Å²) >= 11 is 0. The highest BCUT2D eigenvalue weighted by atomic mass is 16.5. The minimum Gasteiger partial charge on any atom is -0.491 e. The lowest BCUT2D eigenvalue weighted by molar-refractivity contribution is -0.116. The molecule has 0 aliphatic carbocycles. The molecule has 5 nitrogen and oxygen atoms in total. The van der Waals surface area contributed by atoms with Crippen molar-refractivity contribution in [3.63, 3.8) is 0 Å². The molecule has 2 heterocycles. The molecule has 116 valence electrons. The predicted octanol–water partition coefficient (Wildman–Crippen LogP) is 2.99. The molecule has 1 aliphatic rings. The molecular formula is C17H21N3O2. The normalized spacial score (nSPS) is 17.3. The van der Waals surface area contributed by atoms with E-state index < -0.39 is 0 Å². The molecule has 0 bridgehead atoms. The molecular weight excluding hydrogens is 278 g/mol. The molecule has 0 fully saturated rings. The summed E-state index contributed by atoms with van der Waals surface area (Å²) in [6.07, 6.45) is 0.505. The predicted molar refractivity (Wildman–Crippen MR) is 85.2 cm³/mol. The monoisotopic (exact) mass is 299 g/mol. The fraction of sp³-hybridized carbons (Fsp3) is 0.412. The number of carbonyl (C=O) groups is 1. The summed E-state index contributed by atoms with van der Waals surface area (Å²) in [5.41, 5.74) is 3.08. The fourth-order valence-electron chi connectivity index (χ4n) is 3.11. The second kappa shape index (κ2) is 5.48. The van der Waals surface area contributed by atoms with E-state index in [2.05, 4.69) is 10.4 Å². The van der Waals surface area contributed by atoms with Crippen LogP contribution in [-0.4, -0.2) is 21.8 Å². The highest BCUT2D eigenvalue weighted by Gasteiger charge is 2.33. The number of benzene rings is 1. The lowest BCUT2D eigenvalue weighted by Gasteiger charge is -2.26. The van der Waals surface area contributed by atoms with Gasteiger partial charge in [-0.2, -0.15) is 5.10 Å². The first-order valence-corrected chi connectivity index (χ1v) is 7.56. The van der Waals surface area contributed by atoms with Gasteiger partial charge in [0.25, 0.3) is 0 Å². The molecule has 1 atom stereocenters. The van der Waals surface area contributed by atoms with Gasteiger partial charge in [-0.25, -0.2) is 0 Å².